The highest BCUT2D eigenvalue weighted by Gasteiger charge is 2.52. The van der Waals surface area contributed by atoms with Gasteiger partial charge in [-0.3, -0.25) is 14.4 Å². The van der Waals surface area contributed by atoms with Crippen LogP contribution in [0.2, 0.25) is 0 Å². The normalized spacial score (nSPS) is 26.8. The van der Waals surface area contributed by atoms with E-state index >= 15 is 0 Å². The molecule has 3 rings (SSSR count). The summed E-state index contributed by atoms with van der Waals surface area (Å²) in [5, 5.41) is 20.6. The third-order valence-corrected chi connectivity index (χ3v) is 5.62. The maximum Gasteiger partial charge on any atom is 0.320 e. The molecule has 3 N–H and O–H groups in total. The Hall–Kier alpha value is -2.32. The van der Waals surface area contributed by atoms with Crippen molar-refractivity contribution in [3.8, 4) is 0 Å². The smallest absolute Gasteiger partial charge is 0.320 e. The number of aliphatic carboxylic acids is 1. The van der Waals surface area contributed by atoms with Gasteiger partial charge in [-0.25, -0.2) is 0 Å². The van der Waals surface area contributed by atoms with Crippen LogP contribution in [0, 0.1) is 0 Å². The highest BCUT2D eigenvalue weighted by molar-refractivity contribution is 8.01. The zero-order chi connectivity index (χ0) is 17.4. The van der Waals surface area contributed by atoms with E-state index in [1.807, 2.05) is 0 Å². The fourth-order valence-corrected chi connectivity index (χ4v) is 4.01. The van der Waals surface area contributed by atoms with Crippen molar-refractivity contribution in [2.24, 2.45) is 0 Å². The van der Waals surface area contributed by atoms with Crippen LogP contribution in [0.3, 0.4) is 0 Å². The lowest BCUT2D eigenvalue weighted by atomic mass is 10.0. The molecule has 8 heteroatoms. The summed E-state index contributed by atoms with van der Waals surface area (Å²) in [5.74, 6) is -1.98. The fraction of sp³-hybridized carbons (Fsp3) is 0.312. The molecule has 24 heavy (non-hydrogen) atoms. The van der Waals surface area contributed by atoms with E-state index in [1.54, 1.807) is 37.3 Å². The molecule has 0 spiro atoms. The predicted molar refractivity (Wildman–Crippen MR) is 86.7 cm³/mol. The van der Waals surface area contributed by atoms with Crippen molar-refractivity contribution in [3.05, 3.63) is 47.7 Å². The van der Waals surface area contributed by atoms with E-state index < -0.39 is 34.6 Å². The van der Waals surface area contributed by atoms with E-state index in [9.17, 15) is 24.6 Å². The molecule has 2 heterocycles. The first-order valence-electron chi connectivity index (χ1n) is 7.32. The Kier molecular flexibility index (Phi) is 4.33. The first kappa shape index (κ1) is 16.5. The second-order valence-electron chi connectivity index (χ2n) is 5.66. The van der Waals surface area contributed by atoms with Gasteiger partial charge in [-0.1, -0.05) is 30.3 Å². The van der Waals surface area contributed by atoms with E-state index in [-0.39, 0.29) is 5.91 Å². The molecule has 7 nitrogen and oxygen atoms in total. The number of thioether (sulfide) groups is 1. The lowest BCUT2D eigenvalue weighted by molar-refractivity contribution is -0.147. The fourth-order valence-electron chi connectivity index (χ4n) is 2.71. The van der Waals surface area contributed by atoms with Gasteiger partial charge in [-0.2, -0.15) is 0 Å². The number of nitrogens with one attached hydrogen (secondary N) is 1. The van der Waals surface area contributed by atoms with Crippen molar-refractivity contribution in [2.45, 2.75) is 29.7 Å². The lowest BCUT2D eigenvalue weighted by Crippen LogP contribution is -2.69. The zero-order valence-corrected chi connectivity index (χ0v) is 13.6. The van der Waals surface area contributed by atoms with Gasteiger partial charge in [0.2, 0.25) is 0 Å². The second-order valence-corrected chi connectivity index (χ2v) is 6.89. The number of rotatable bonds is 4. The highest BCUT2D eigenvalue weighted by Crippen LogP contribution is 2.40. The molecular formula is C16H16N2O5S. The molecule has 0 bridgehead atoms. The number of carboxylic acid groups (broad SMARTS) is 1. The molecule has 1 aromatic rings. The summed E-state index contributed by atoms with van der Waals surface area (Å²) < 4.78 is 0. The van der Waals surface area contributed by atoms with Gasteiger partial charge in [0.1, 0.15) is 16.7 Å². The topological polar surface area (TPSA) is 107 Å². The van der Waals surface area contributed by atoms with Gasteiger partial charge in [0.05, 0.1) is 0 Å². The average molecular weight is 348 g/mol. The highest BCUT2D eigenvalue weighted by atomic mass is 32.2. The summed E-state index contributed by atoms with van der Waals surface area (Å²) in [4.78, 5) is 37.0. The van der Waals surface area contributed by atoms with Crippen LogP contribution in [0.15, 0.2) is 42.1 Å². The SMILES string of the molecule is CC1=CN2C(=O)C(NC(=O)C(O)c3ccccc3)[C@H]2SC1C(=O)O. The first-order chi connectivity index (χ1) is 11.4. The molecule has 2 aliphatic heterocycles. The maximum absolute atomic E-state index is 12.2. The number of nitrogens with zero attached hydrogens (tertiary/aromatic N) is 1. The van der Waals surface area contributed by atoms with E-state index in [4.69, 9.17) is 0 Å². The van der Waals surface area contributed by atoms with Crippen LogP contribution in [0.1, 0.15) is 18.6 Å². The summed E-state index contributed by atoms with van der Waals surface area (Å²) in [6.45, 7) is 1.65. The molecule has 2 amide bonds. The van der Waals surface area contributed by atoms with E-state index in [0.717, 1.165) is 11.8 Å². The van der Waals surface area contributed by atoms with Gasteiger partial charge in [0.25, 0.3) is 11.8 Å². The van der Waals surface area contributed by atoms with Crippen LogP contribution in [0.4, 0.5) is 0 Å². The minimum absolute atomic E-state index is 0.315. The Morgan fingerprint density at radius 1 is 1.29 bits per heavy atom. The molecular weight excluding hydrogens is 332 g/mol. The largest absolute Gasteiger partial charge is 0.480 e. The molecule has 1 fully saturated rings. The second kappa shape index (κ2) is 6.29. The van der Waals surface area contributed by atoms with E-state index in [0.29, 0.717) is 11.1 Å². The third kappa shape index (κ3) is 2.78. The average Bonchev–Trinajstić information content (AvgIpc) is 2.59. The number of carbonyl (C=O) groups is 3. The van der Waals surface area contributed by atoms with Crippen molar-refractivity contribution < 1.29 is 24.6 Å². The number of aliphatic hydroxyl groups is 1. The van der Waals surface area contributed by atoms with Crippen LogP contribution in [-0.4, -0.2) is 49.6 Å². The molecule has 0 aliphatic carbocycles. The molecule has 0 radical (unpaired) electrons. The number of carbonyl (C=O) groups excluding carboxylic acids is 2. The van der Waals surface area contributed by atoms with Crippen molar-refractivity contribution >= 4 is 29.5 Å². The van der Waals surface area contributed by atoms with Crippen LogP contribution < -0.4 is 5.32 Å². The van der Waals surface area contributed by atoms with Gasteiger partial charge in [-0.05, 0) is 18.1 Å². The van der Waals surface area contributed by atoms with Crippen molar-refractivity contribution in [1.29, 1.82) is 0 Å². The lowest BCUT2D eigenvalue weighted by Gasteiger charge is -2.48. The zero-order valence-electron chi connectivity index (χ0n) is 12.7. The predicted octanol–water partition coefficient (Wildman–Crippen LogP) is 0.477. The van der Waals surface area contributed by atoms with Crippen LogP contribution in [0.5, 0.6) is 0 Å². The van der Waals surface area contributed by atoms with Crippen molar-refractivity contribution in [1.82, 2.24) is 10.2 Å². The Morgan fingerprint density at radius 3 is 2.58 bits per heavy atom. The monoisotopic (exact) mass is 348 g/mol. The Morgan fingerprint density at radius 2 is 1.96 bits per heavy atom. The van der Waals surface area contributed by atoms with Gasteiger partial charge >= 0.3 is 5.97 Å². The Bertz CT molecular complexity index is 720. The van der Waals surface area contributed by atoms with Gasteiger partial charge in [0.15, 0.2) is 6.10 Å². The minimum Gasteiger partial charge on any atom is -0.480 e. The molecule has 1 saturated heterocycles. The Labute approximate surface area is 142 Å². The molecule has 126 valence electrons. The number of fused-ring (bicyclic) bond motifs is 1. The molecule has 1 aromatic carbocycles. The first-order valence-corrected chi connectivity index (χ1v) is 8.26. The quantitative estimate of drug-likeness (QED) is 0.683. The van der Waals surface area contributed by atoms with Gasteiger partial charge in [-0.15, -0.1) is 11.8 Å². The van der Waals surface area contributed by atoms with Crippen LogP contribution >= 0.6 is 11.8 Å². The van der Waals surface area contributed by atoms with E-state index in [1.165, 1.54) is 11.1 Å². The summed E-state index contributed by atoms with van der Waals surface area (Å²) in [6, 6.07) is 7.55. The number of hydrogen-bond acceptors (Lipinski definition) is 5. The molecule has 4 atom stereocenters. The number of hydrogen-bond donors (Lipinski definition) is 3. The number of β-lactam (4-membered cyclic amide) rings is 1. The summed E-state index contributed by atoms with van der Waals surface area (Å²) in [6.07, 6.45) is 0.132. The standard InChI is InChI=1S/C16H16N2O5S/c1-8-7-18-14(21)10(15(18)24-12(8)16(22)23)17-13(20)11(19)9-5-3-2-4-6-9/h2-7,10-12,15,19H,1H3,(H,17,20)(H,22,23)/t10?,11?,12?,15-/m1/s1. The van der Waals surface area contributed by atoms with Crippen LogP contribution in [0.25, 0.3) is 0 Å². The maximum atomic E-state index is 12.2. The number of benzene rings is 1. The number of aliphatic hydroxyl groups excluding tert-OH is 1. The summed E-state index contributed by atoms with van der Waals surface area (Å²) in [5.41, 5.74) is 1.00. The number of amides is 2. The van der Waals surface area contributed by atoms with Crippen molar-refractivity contribution in [3.63, 3.8) is 0 Å². The number of carboxylic acids is 1. The van der Waals surface area contributed by atoms with E-state index in [2.05, 4.69) is 5.32 Å². The molecule has 3 unspecified atom stereocenters. The summed E-state index contributed by atoms with van der Waals surface area (Å²) >= 11 is 1.10. The van der Waals surface area contributed by atoms with Gasteiger partial charge in [0, 0.05) is 6.20 Å². The molecule has 0 saturated carbocycles. The molecule has 2 aliphatic rings. The van der Waals surface area contributed by atoms with Crippen LogP contribution in [-0.2, 0) is 14.4 Å². The molecule has 0 aromatic heterocycles. The Balaban J connectivity index is 1.70. The minimum atomic E-state index is -1.38. The van der Waals surface area contributed by atoms with Crippen molar-refractivity contribution in [2.75, 3.05) is 0 Å². The third-order valence-electron chi connectivity index (χ3n) is 4.00. The van der Waals surface area contributed by atoms with Gasteiger partial charge < -0.3 is 20.4 Å². The summed E-state index contributed by atoms with van der Waals surface area (Å²) in [7, 11) is 0.